The average Bonchev–Trinajstić information content (AvgIpc) is 2.79. The third-order valence-electron chi connectivity index (χ3n) is 4.17. The van der Waals surface area contributed by atoms with Gasteiger partial charge in [-0.25, -0.2) is 10.2 Å². The van der Waals surface area contributed by atoms with Gasteiger partial charge in [0.15, 0.2) is 6.61 Å². The smallest absolute Gasteiger partial charge is 0.343 e. The number of esters is 1. The Labute approximate surface area is 183 Å². The van der Waals surface area contributed by atoms with Crippen LogP contribution in [-0.2, 0) is 4.79 Å². The first-order chi connectivity index (χ1) is 15.4. The van der Waals surface area contributed by atoms with Crippen molar-refractivity contribution in [3.05, 3.63) is 99.6 Å². The van der Waals surface area contributed by atoms with E-state index in [-0.39, 0.29) is 17.9 Å². The van der Waals surface area contributed by atoms with Gasteiger partial charge in [-0.1, -0.05) is 12.1 Å². The number of carbonyl (C=O) groups is 2. The van der Waals surface area contributed by atoms with Crippen molar-refractivity contribution in [1.82, 2.24) is 5.43 Å². The summed E-state index contributed by atoms with van der Waals surface area (Å²) in [6.45, 7) is 1.76. The summed E-state index contributed by atoms with van der Waals surface area (Å²) in [6.07, 6.45) is 1.44. The predicted molar refractivity (Wildman–Crippen MR) is 117 cm³/mol. The first-order valence-corrected chi connectivity index (χ1v) is 9.49. The molecule has 0 spiro atoms. The molecular formula is C23H19N3O6. The Kier molecular flexibility index (Phi) is 7.26. The molecule has 1 N–H and O–H groups in total. The van der Waals surface area contributed by atoms with Crippen LogP contribution < -0.4 is 14.9 Å². The number of nitro groups is 1. The first kappa shape index (κ1) is 22.2. The van der Waals surface area contributed by atoms with Crippen LogP contribution >= 0.6 is 0 Å². The fourth-order valence-electron chi connectivity index (χ4n) is 2.57. The molecule has 3 aromatic carbocycles. The molecule has 0 saturated heterocycles. The highest BCUT2D eigenvalue weighted by atomic mass is 16.6. The molecule has 0 aromatic heterocycles. The van der Waals surface area contributed by atoms with E-state index < -0.39 is 16.8 Å². The van der Waals surface area contributed by atoms with Crippen molar-refractivity contribution in [2.45, 2.75) is 6.92 Å². The molecule has 162 valence electrons. The molecule has 0 radical (unpaired) electrons. The molecule has 0 aliphatic heterocycles. The normalized spacial score (nSPS) is 10.5. The molecule has 3 aromatic rings. The number of ether oxygens (including phenoxy) is 2. The second kappa shape index (κ2) is 10.5. The van der Waals surface area contributed by atoms with Crippen molar-refractivity contribution < 1.29 is 24.0 Å². The van der Waals surface area contributed by atoms with E-state index in [1.165, 1.54) is 30.5 Å². The summed E-state index contributed by atoms with van der Waals surface area (Å²) >= 11 is 0. The van der Waals surface area contributed by atoms with Gasteiger partial charge < -0.3 is 9.47 Å². The maximum Gasteiger partial charge on any atom is 0.343 e. The topological polar surface area (TPSA) is 120 Å². The van der Waals surface area contributed by atoms with Crippen molar-refractivity contribution in [2.75, 3.05) is 6.61 Å². The van der Waals surface area contributed by atoms with Gasteiger partial charge in [0.2, 0.25) is 0 Å². The zero-order valence-corrected chi connectivity index (χ0v) is 17.1. The van der Waals surface area contributed by atoms with E-state index in [0.29, 0.717) is 17.1 Å². The van der Waals surface area contributed by atoms with Gasteiger partial charge in [0.05, 0.1) is 16.7 Å². The fraction of sp³-hybridized carbons (Fsp3) is 0.0870. The number of carbonyl (C=O) groups excluding carboxylic acids is 2. The molecule has 0 saturated carbocycles. The van der Waals surface area contributed by atoms with Crippen molar-refractivity contribution in [3.63, 3.8) is 0 Å². The molecule has 0 heterocycles. The molecule has 32 heavy (non-hydrogen) atoms. The highest BCUT2D eigenvalue weighted by Gasteiger charge is 2.11. The van der Waals surface area contributed by atoms with Crippen molar-refractivity contribution in [1.29, 1.82) is 0 Å². The molecular weight excluding hydrogens is 414 g/mol. The maximum absolute atomic E-state index is 12.1. The van der Waals surface area contributed by atoms with Crippen LogP contribution in [-0.4, -0.2) is 29.6 Å². The second-order valence-electron chi connectivity index (χ2n) is 6.66. The van der Waals surface area contributed by atoms with Crippen LogP contribution in [0.4, 0.5) is 5.69 Å². The number of hydrogen-bond acceptors (Lipinski definition) is 7. The largest absolute Gasteiger partial charge is 0.484 e. The van der Waals surface area contributed by atoms with E-state index in [9.17, 15) is 19.7 Å². The second-order valence-corrected chi connectivity index (χ2v) is 6.66. The summed E-state index contributed by atoms with van der Waals surface area (Å²) in [5.41, 5.74) is 4.15. The minimum atomic E-state index is -0.637. The Balaban J connectivity index is 1.47. The lowest BCUT2D eigenvalue weighted by Crippen LogP contribution is -2.24. The molecule has 0 aliphatic carbocycles. The number of amides is 1. The lowest BCUT2D eigenvalue weighted by atomic mass is 10.2. The van der Waals surface area contributed by atoms with Crippen LogP contribution in [0.5, 0.6) is 11.5 Å². The Bertz CT molecular complexity index is 1140. The number of nitro benzene ring substituents is 1. The Hall–Kier alpha value is -4.53. The van der Waals surface area contributed by atoms with Crippen molar-refractivity contribution in [3.8, 4) is 11.5 Å². The van der Waals surface area contributed by atoms with Crippen LogP contribution in [0.1, 0.15) is 21.5 Å². The van der Waals surface area contributed by atoms with E-state index in [0.717, 1.165) is 5.56 Å². The molecule has 0 fully saturated rings. The SMILES string of the molecule is Cc1cccc(OCC(=O)N/N=C/c2ccc(OC(=O)c3ccc([N+](=O)[O-])cc3)cc2)c1. The first-order valence-electron chi connectivity index (χ1n) is 9.49. The summed E-state index contributed by atoms with van der Waals surface area (Å²) in [6, 6.07) is 18.9. The Morgan fingerprint density at radius 1 is 1.03 bits per heavy atom. The molecule has 3 rings (SSSR count). The number of hydrogen-bond donors (Lipinski definition) is 1. The van der Waals surface area contributed by atoms with Crippen LogP contribution in [0.2, 0.25) is 0 Å². The number of non-ortho nitro benzene ring substituents is 1. The monoisotopic (exact) mass is 433 g/mol. The van der Waals surface area contributed by atoms with Gasteiger partial charge in [-0.3, -0.25) is 14.9 Å². The lowest BCUT2D eigenvalue weighted by molar-refractivity contribution is -0.384. The van der Waals surface area contributed by atoms with Gasteiger partial charge in [-0.15, -0.1) is 0 Å². The number of rotatable bonds is 8. The summed E-state index contributed by atoms with van der Waals surface area (Å²) in [7, 11) is 0. The highest BCUT2D eigenvalue weighted by molar-refractivity contribution is 5.91. The average molecular weight is 433 g/mol. The standard InChI is InChI=1S/C23H19N3O6/c1-16-3-2-4-21(13-16)31-15-22(27)25-24-14-17-5-11-20(12-6-17)32-23(28)18-7-9-19(10-8-18)26(29)30/h2-14H,15H2,1H3,(H,25,27)/b24-14+. The number of benzene rings is 3. The van der Waals surface area contributed by atoms with E-state index in [2.05, 4.69) is 10.5 Å². The summed E-state index contributed by atoms with van der Waals surface area (Å²) in [4.78, 5) is 34.1. The minimum Gasteiger partial charge on any atom is -0.484 e. The molecule has 0 aliphatic rings. The Morgan fingerprint density at radius 2 is 1.75 bits per heavy atom. The molecule has 0 atom stereocenters. The summed E-state index contributed by atoms with van der Waals surface area (Å²) in [5, 5.41) is 14.5. The zero-order chi connectivity index (χ0) is 22.9. The van der Waals surface area contributed by atoms with Crippen molar-refractivity contribution >= 4 is 23.8 Å². The van der Waals surface area contributed by atoms with Gasteiger partial charge in [0.1, 0.15) is 11.5 Å². The lowest BCUT2D eigenvalue weighted by Gasteiger charge is -2.05. The number of nitrogens with one attached hydrogen (secondary N) is 1. The molecule has 0 bridgehead atoms. The van der Waals surface area contributed by atoms with Gasteiger partial charge in [-0.2, -0.15) is 5.10 Å². The minimum absolute atomic E-state index is 0.112. The Morgan fingerprint density at radius 3 is 2.41 bits per heavy atom. The van der Waals surface area contributed by atoms with Gasteiger partial charge in [0.25, 0.3) is 11.6 Å². The third-order valence-corrected chi connectivity index (χ3v) is 4.17. The van der Waals surface area contributed by atoms with Crippen LogP contribution in [0.15, 0.2) is 77.9 Å². The van der Waals surface area contributed by atoms with E-state index in [1.807, 2.05) is 25.1 Å². The fourth-order valence-corrected chi connectivity index (χ4v) is 2.57. The van der Waals surface area contributed by atoms with Crippen LogP contribution in [0, 0.1) is 17.0 Å². The number of nitrogens with zero attached hydrogens (tertiary/aromatic N) is 2. The summed E-state index contributed by atoms with van der Waals surface area (Å²) < 4.78 is 10.6. The van der Waals surface area contributed by atoms with E-state index >= 15 is 0 Å². The quantitative estimate of drug-likeness (QED) is 0.190. The van der Waals surface area contributed by atoms with Gasteiger partial charge in [-0.05, 0) is 66.6 Å². The van der Waals surface area contributed by atoms with Gasteiger partial charge in [0, 0.05) is 12.1 Å². The highest BCUT2D eigenvalue weighted by Crippen LogP contribution is 2.16. The summed E-state index contributed by atoms with van der Waals surface area (Å²) in [5.74, 6) is -0.150. The van der Waals surface area contributed by atoms with Crippen LogP contribution in [0.3, 0.4) is 0 Å². The van der Waals surface area contributed by atoms with E-state index in [4.69, 9.17) is 9.47 Å². The van der Waals surface area contributed by atoms with Crippen molar-refractivity contribution in [2.24, 2.45) is 5.10 Å². The zero-order valence-electron chi connectivity index (χ0n) is 17.1. The molecule has 9 heteroatoms. The number of hydrazone groups is 1. The van der Waals surface area contributed by atoms with Gasteiger partial charge >= 0.3 is 5.97 Å². The third kappa shape index (κ3) is 6.49. The predicted octanol–water partition coefficient (Wildman–Crippen LogP) is 3.65. The molecule has 1 amide bonds. The molecule has 0 unspecified atom stereocenters. The number of aryl methyl sites for hydroxylation is 1. The van der Waals surface area contributed by atoms with Crippen LogP contribution in [0.25, 0.3) is 0 Å². The molecule has 9 nitrogen and oxygen atoms in total. The van der Waals surface area contributed by atoms with E-state index in [1.54, 1.807) is 30.3 Å². The maximum atomic E-state index is 12.1.